The van der Waals surface area contributed by atoms with Gasteiger partial charge in [0.25, 0.3) is 11.8 Å². The van der Waals surface area contributed by atoms with Gasteiger partial charge < -0.3 is 18.6 Å². The lowest BCUT2D eigenvalue weighted by molar-refractivity contribution is 0.0729. The van der Waals surface area contributed by atoms with E-state index < -0.39 is 0 Å². The van der Waals surface area contributed by atoms with Crippen LogP contribution >= 0.6 is 0 Å². The monoisotopic (exact) mass is 510 g/mol. The zero-order chi connectivity index (χ0) is 25.8. The van der Waals surface area contributed by atoms with Gasteiger partial charge in [0.05, 0.1) is 48.6 Å². The van der Waals surface area contributed by atoms with Crippen molar-refractivity contribution in [3.8, 4) is 0 Å². The van der Waals surface area contributed by atoms with Crippen molar-refractivity contribution in [1.82, 2.24) is 19.4 Å². The second-order valence-corrected chi connectivity index (χ2v) is 9.98. The number of likely N-dealkylation sites (N-methyl/N-ethyl adjacent to an activating group) is 1. The summed E-state index contributed by atoms with van der Waals surface area (Å²) in [6.07, 6.45) is 0. The number of hydrogen-bond acceptors (Lipinski definition) is 5. The van der Waals surface area contributed by atoms with Crippen LogP contribution in [0.4, 0.5) is 0 Å². The number of rotatable bonds is 1. The lowest BCUT2D eigenvalue weighted by atomic mass is 9.96. The molecule has 2 aliphatic rings. The summed E-state index contributed by atoms with van der Waals surface area (Å²) in [6.45, 7) is 8.49. The van der Waals surface area contributed by atoms with E-state index in [0.717, 1.165) is 63.2 Å². The Morgan fingerprint density at radius 2 is 1.13 bits per heavy atom. The molecule has 2 aromatic heterocycles. The number of carbonyl (C=O) groups excluding carboxylic acids is 2. The van der Waals surface area contributed by atoms with Crippen LogP contribution in [0.3, 0.4) is 0 Å². The number of ether oxygens (including phenoxy) is 2. The van der Waals surface area contributed by atoms with Gasteiger partial charge in [0.2, 0.25) is 0 Å². The van der Waals surface area contributed by atoms with Crippen LogP contribution in [0.5, 0.6) is 0 Å². The fourth-order valence-corrected chi connectivity index (χ4v) is 6.33. The first kappa shape index (κ1) is 23.4. The van der Waals surface area contributed by atoms with Gasteiger partial charge in [0.15, 0.2) is 0 Å². The highest BCUT2D eigenvalue weighted by Crippen LogP contribution is 2.44. The molecule has 3 aromatic carbocycles. The van der Waals surface area contributed by atoms with Crippen LogP contribution in [0, 0.1) is 0 Å². The molecule has 0 aliphatic carbocycles. The molecule has 5 aromatic rings. The van der Waals surface area contributed by atoms with Gasteiger partial charge >= 0.3 is 0 Å². The SMILES string of the molecule is CCN1CCOCCn2c3ccccc3c3c4c(c5c6ccccc6n(c5c32)CCOCC1)C(=O)NC4=O. The molecule has 4 heterocycles. The van der Waals surface area contributed by atoms with Crippen LogP contribution in [0.2, 0.25) is 0 Å². The standard InChI is InChI=1S/C30H30N4O4/c1-2-32-11-15-37-17-13-33-21-9-5-3-7-19(21)23-25-26(30(36)31-29(25)35)24-20-8-4-6-10-22(20)34(28(24)27(23)33)14-18-38-16-12-32/h3-10H,2,11-18H2,1H3,(H,31,35,36). The molecule has 0 atom stereocenters. The molecular weight excluding hydrogens is 480 g/mol. The van der Waals surface area contributed by atoms with Gasteiger partial charge in [-0.05, 0) is 18.7 Å². The lowest BCUT2D eigenvalue weighted by Gasteiger charge is -2.20. The van der Waals surface area contributed by atoms with Crippen LogP contribution in [-0.4, -0.2) is 71.9 Å². The molecule has 2 amide bonds. The molecule has 7 rings (SSSR count). The van der Waals surface area contributed by atoms with Crippen molar-refractivity contribution in [1.29, 1.82) is 0 Å². The first-order valence-electron chi connectivity index (χ1n) is 13.4. The van der Waals surface area contributed by atoms with Crippen LogP contribution < -0.4 is 5.32 Å². The van der Waals surface area contributed by atoms with Crippen molar-refractivity contribution in [2.24, 2.45) is 0 Å². The summed E-state index contributed by atoms with van der Waals surface area (Å²) in [7, 11) is 0. The number of nitrogens with one attached hydrogen (secondary N) is 1. The molecule has 0 saturated heterocycles. The third-order valence-electron chi connectivity index (χ3n) is 8.07. The molecule has 0 bridgehead atoms. The van der Waals surface area contributed by atoms with Gasteiger partial charge in [-0.3, -0.25) is 19.8 Å². The first-order valence-corrected chi connectivity index (χ1v) is 13.4. The van der Waals surface area contributed by atoms with Gasteiger partial charge in [0.1, 0.15) is 0 Å². The van der Waals surface area contributed by atoms with Gasteiger partial charge in [-0.25, -0.2) is 0 Å². The van der Waals surface area contributed by atoms with E-state index in [4.69, 9.17) is 9.47 Å². The Balaban J connectivity index is 1.59. The Bertz CT molecular complexity index is 1620. The molecule has 0 fully saturated rings. The van der Waals surface area contributed by atoms with E-state index in [1.165, 1.54) is 0 Å². The Morgan fingerprint density at radius 3 is 1.61 bits per heavy atom. The highest BCUT2D eigenvalue weighted by atomic mass is 16.5. The highest BCUT2D eigenvalue weighted by Gasteiger charge is 2.36. The minimum atomic E-state index is -0.332. The highest BCUT2D eigenvalue weighted by molar-refractivity contribution is 6.39. The fourth-order valence-electron chi connectivity index (χ4n) is 6.33. The van der Waals surface area contributed by atoms with E-state index in [1.54, 1.807) is 0 Å². The van der Waals surface area contributed by atoms with Crippen molar-refractivity contribution in [3.63, 3.8) is 0 Å². The number of imide groups is 1. The van der Waals surface area contributed by atoms with Gasteiger partial charge in [0, 0.05) is 58.8 Å². The number of aromatic nitrogens is 2. The molecule has 8 heteroatoms. The Hall–Kier alpha value is -3.72. The number of fused-ring (bicyclic) bond motifs is 9. The van der Waals surface area contributed by atoms with Crippen molar-refractivity contribution < 1.29 is 19.1 Å². The van der Waals surface area contributed by atoms with Crippen LogP contribution in [0.25, 0.3) is 43.6 Å². The Morgan fingerprint density at radius 1 is 0.684 bits per heavy atom. The van der Waals surface area contributed by atoms with Gasteiger partial charge in [-0.2, -0.15) is 0 Å². The predicted molar refractivity (Wildman–Crippen MR) is 148 cm³/mol. The molecule has 0 radical (unpaired) electrons. The van der Waals surface area contributed by atoms with Crippen molar-refractivity contribution in [3.05, 3.63) is 59.7 Å². The summed E-state index contributed by atoms with van der Waals surface area (Å²) < 4.78 is 16.8. The van der Waals surface area contributed by atoms with E-state index in [9.17, 15) is 9.59 Å². The van der Waals surface area contributed by atoms with Gasteiger partial charge in [-0.1, -0.05) is 43.3 Å². The second kappa shape index (κ2) is 9.23. The minimum Gasteiger partial charge on any atom is -0.378 e. The molecule has 2 aliphatic heterocycles. The second-order valence-electron chi connectivity index (χ2n) is 9.98. The molecule has 1 N–H and O–H groups in total. The largest absolute Gasteiger partial charge is 0.378 e. The maximum atomic E-state index is 13.3. The normalized spacial score (nSPS) is 17.9. The Kier molecular flexibility index (Phi) is 5.69. The van der Waals surface area contributed by atoms with Crippen LogP contribution in [0.1, 0.15) is 27.6 Å². The van der Waals surface area contributed by atoms with Crippen LogP contribution in [0.15, 0.2) is 48.5 Å². The summed E-state index contributed by atoms with van der Waals surface area (Å²) in [5, 5.41) is 6.19. The van der Waals surface area contributed by atoms with E-state index >= 15 is 0 Å². The molecular formula is C30H30N4O4. The number of amides is 2. The fraction of sp³-hybridized carbons (Fsp3) is 0.333. The van der Waals surface area contributed by atoms with Crippen molar-refractivity contribution in [2.45, 2.75) is 20.0 Å². The van der Waals surface area contributed by atoms with E-state index in [2.05, 4.69) is 38.4 Å². The van der Waals surface area contributed by atoms with E-state index in [-0.39, 0.29) is 11.8 Å². The summed E-state index contributed by atoms with van der Waals surface area (Å²) in [5.41, 5.74) is 4.94. The number of carbonyl (C=O) groups is 2. The Labute approximate surface area is 219 Å². The first-order chi connectivity index (χ1) is 18.7. The average Bonchev–Trinajstić information content (AvgIpc) is 3.53. The maximum Gasteiger partial charge on any atom is 0.259 e. The zero-order valence-corrected chi connectivity index (χ0v) is 21.5. The van der Waals surface area contributed by atoms with Crippen molar-refractivity contribution >= 4 is 55.4 Å². The minimum absolute atomic E-state index is 0.332. The molecule has 8 nitrogen and oxygen atoms in total. The number of para-hydroxylation sites is 2. The number of hydrogen-bond donors (Lipinski definition) is 1. The lowest BCUT2D eigenvalue weighted by Crippen LogP contribution is -2.31. The average molecular weight is 511 g/mol. The zero-order valence-electron chi connectivity index (χ0n) is 21.5. The van der Waals surface area contributed by atoms with Crippen LogP contribution in [-0.2, 0) is 22.6 Å². The molecule has 0 spiro atoms. The quantitative estimate of drug-likeness (QED) is 0.343. The molecule has 0 unspecified atom stereocenters. The number of nitrogens with zero attached hydrogens (tertiary/aromatic N) is 3. The molecule has 0 saturated carbocycles. The maximum absolute atomic E-state index is 13.3. The smallest absolute Gasteiger partial charge is 0.259 e. The summed E-state index contributed by atoms with van der Waals surface area (Å²) >= 11 is 0. The molecule has 194 valence electrons. The van der Waals surface area contributed by atoms with Crippen molar-refractivity contribution in [2.75, 3.05) is 46.1 Å². The third-order valence-corrected chi connectivity index (χ3v) is 8.07. The summed E-state index contributed by atoms with van der Waals surface area (Å²) in [5.74, 6) is -0.663. The topological polar surface area (TPSA) is 77.7 Å². The third kappa shape index (κ3) is 3.41. The number of benzene rings is 3. The van der Waals surface area contributed by atoms with E-state index in [0.29, 0.717) is 50.6 Å². The molecule has 38 heavy (non-hydrogen) atoms. The van der Waals surface area contributed by atoms with E-state index in [1.807, 2.05) is 36.4 Å². The van der Waals surface area contributed by atoms with Gasteiger partial charge in [-0.15, -0.1) is 0 Å². The predicted octanol–water partition coefficient (Wildman–Crippen LogP) is 4.15. The summed E-state index contributed by atoms with van der Waals surface area (Å²) in [4.78, 5) is 29.0. The summed E-state index contributed by atoms with van der Waals surface area (Å²) in [6, 6.07) is 16.3.